The molecule has 9 heteroatoms. The van der Waals surface area contributed by atoms with E-state index >= 15 is 0 Å². The lowest BCUT2D eigenvalue weighted by Gasteiger charge is -2.42. The summed E-state index contributed by atoms with van der Waals surface area (Å²) in [5.41, 5.74) is -6.02. The smallest absolute Gasteiger partial charge is 0.411 e. The Morgan fingerprint density at radius 2 is 1.29 bits per heavy atom. The van der Waals surface area contributed by atoms with E-state index in [0.29, 0.717) is 3.57 Å². The van der Waals surface area contributed by atoms with E-state index in [1.165, 1.54) is 12.1 Å². The standard InChI is InChI=1S/C15H6F6I2O/c16-14(17,18)13(15(19,20)21)7-3-1-2-4-11(7)24-12-6-10(23)9(22)5-8(12)13/h1-6H. The monoisotopic (exact) mass is 570 g/mol. The molecule has 1 nitrogen and oxygen atoms in total. The molecule has 0 aromatic heterocycles. The number of benzene rings is 2. The summed E-state index contributed by atoms with van der Waals surface area (Å²) in [5, 5.41) is 0. The van der Waals surface area contributed by atoms with Gasteiger partial charge in [0.2, 0.25) is 5.41 Å². The summed E-state index contributed by atoms with van der Waals surface area (Å²) >= 11 is 3.54. The van der Waals surface area contributed by atoms with Gasteiger partial charge in [0.25, 0.3) is 0 Å². The maximum atomic E-state index is 13.9. The van der Waals surface area contributed by atoms with Crippen molar-refractivity contribution in [3.05, 3.63) is 54.7 Å². The molecular weight excluding hydrogens is 564 g/mol. The molecule has 0 N–H and O–H groups in total. The van der Waals surface area contributed by atoms with Crippen LogP contribution in [0.15, 0.2) is 36.4 Å². The van der Waals surface area contributed by atoms with Gasteiger partial charge in [-0.1, -0.05) is 18.2 Å². The first-order valence-corrected chi connectivity index (χ1v) is 8.56. The number of alkyl halides is 6. The van der Waals surface area contributed by atoms with Crippen LogP contribution in [0.3, 0.4) is 0 Å². The first kappa shape index (κ1) is 18.1. The Bertz CT molecular complexity index is 799. The van der Waals surface area contributed by atoms with Gasteiger partial charge < -0.3 is 4.74 Å². The molecule has 0 aliphatic carbocycles. The summed E-state index contributed by atoms with van der Waals surface area (Å²) < 4.78 is 89.6. The summed E-state index contributed by atoms with van der Waals surface area (Å²) in [4.78, 5) is 0. The first-order valence-electron chi connectivity index (χ1n) is 6.40. The number of ether oxygens (including phenoxy) is 1. The number of hydrogen-bond donors (Lipinski definition) is 0. The van der Waals surface area contributed by atoms with Gasteiger partial charge in [0.1, 0.15) is 11.5 Å². The number of hydrogen-bond acceptors (Lipinski definition) is 1. The Morgan fingerprint density at radius 3 is 1.88 bits per heavy atom. The van der Waals surface area contributed by atoms with Crippen molar-refractivity contribution >= 4 is 45.2 Å². The Balaban J connectivity index is 2.51. The van der Waals surface area contributed by atoms with Gasteiger partial charge in [-0.15, -0.1) is 0 Å². The van der Waals surface area contributed by atoms with E-state index < -0.39 is 40.4 Å². The molecule has 0 saturated carbocycles. The van der Waals surface area contributed by atoms with Crippen LogP contribution in [-0.4, -0.2) is 12.4 Å². The summed E-state index contributed by atoms with van der Waals surface area (Å²) in [6.07, 6.45) is -11.2. The summed E-state index contributed by atoms with van der Waals surface area (Å²) in [6, 6.07) is 6.48. The quantitative estimate of drug-likeness (QED) is 0.263. The van der Waals surface area contributed by atoms with Gasteiger partial charge in [-0.25, -0.2) is 0 Å². The minimum absolute atomic E-state index is 0.285. The largest absolute Gasteiger partial charge is 0.457 e. The van der Waals surface area contributed by atoms with Crippen molar-refractivity contribution < 1.29 is 31.1 Å². The Kier molecular flexibility index (Phi) is 4.25. The predicted molar refractivity (Wildman–Crippen MR) is 91.3 cm³/mol. The van der Waals surface area contributed by atoms with Crippen molar-refractivity contribution in [3.63, 3.8) is 0 Å². The lowest BCUT2D eigenvalue weighted by Crippen LogP contribution is -2.56. The second-order valence-corrected chi connectivity index (χ2v) is 7.43. The molecule has 1 aliphatic heterocycles. The normalized spacial score (nSPS) is 16.2. The van der Waals surface area contributed by atoms with Crippen molar-refractivity contribution in [2.45, 2.75) is 17.8 Å². The van der Waals surface area contributed by atoms with Crippen LogP contribution in [0.1, 0.15) is 11.1 Å². The zero-order valence-electron chi connectivity index (χ0n) is 11.4. The number of fused-ring (bicyclic) bond motifs is 2. The molecule has 0 unspecified atom stereocenters. The Hall–Kier alpha value is -0.720. The molecule has 0 atom stereocenters. The highest BCUT2D eigenvalue weighted by Gasteiger charge is 2.75. The van der Waals surface area contributed by atoms with Crippen LogP contribution >= 0.6 is 45.2 Å². The zero-order valence-corrected chi connectivity index (χ0v) is 15.7. The molecule has 1 aliphatic rings. The maximum Gasteiger partial charge on any atom is 0.411 e. The molecule has 1 heterocycles. The van der Waals surface area contributed by atoms with Crippen molar-refractivity contribution in [1.29, 1.82) is 0 Å². The topological polar surface area (TPSA) is 9.23 Å². The van der Waals surface area contributed by atoms with Crippen molar-refractivity contribution in [2.75, 3.05) is 0 Å². The number of para-hydroxylation sites is 1. The molecule has 3 rings (SSSR count). The van der Waals surface area contributed by atoms with Crippen LogP contribution in [-0.2, 0) is 5.41 Å². The lowest BCUT2D eigenvalue weighted by molar-refractivity contribution is -0.290. The highest BCUT2D eigenvalue weighted by molar-refractivity contribution is 14.1. The summed E-state index contributed by atoms with van der Waals surface area (Å²) in [6.45, 7) is 0. The van der Waals surface area contributed by atoms with E-state index in [1.807, 2.05) is 22.6 Å². The average Bonchev–Trinajstić information content (AvgIpc) is 2.43. The van der Waals surface area contributed by atoms with Crippen LogP contribution in [0, 0.1) is 7.14 Å². The van der Waals surface area contributed by atoms with Gasteiger partial charge in [0.05, 0.1) is 0 Å². The van der Waals surface area contributed by atoms with Gasteiger partial charge >= 0.3 is 12.4 Å². The van der Waals surface area contributed by atoms with Crippen molar-refractivity contribution in [3.8, 4) is 11.5 Å². The summed E-state index contributed by atoms with van der Waals surface area (Å²) in [5.74, 6) is -0.884. The van der Waals surface area contributed by atoms with Gasteiger partial charge in [0.15, 0.2) is 0 Å². The first-order chi connectivity index (χ1) is 11.0. The highest BCUT2D eigenvalue weighted by atomic mass is 127. The minimum atomic E-state index is -5.59. The van der Waals surface area contributed by atoms with E-state index in [9.17, 15) is 26.3 Å². The minimum Gasteiger partial charge on any atom is -0.457 e. The Labute approximate surface area is 159 Å². The number of rotatable bonds is 0. The van der Waals surface area contributed by atoms with Crippen LogP contribution in [0.4, 0.5) is 26.3 Å². The third-order valence-electron chi connectivity index (χ3n) is 3.79. The predicted octanol–water partition coefficient (Wildman–Crippen LogP) is 6.41. The van der Waals surface area contributed by atoms with Crippen LogP contribution < -0.4 is 4.74 Å². The van der Waals surface area contributed by atoms with Gasteiger partial charge in [-0.2, -0.15) is 26.3 Å². The van der Waals surface area contributed by atoms with E-state index in [0.717, 1.165) is 24.3 Å². The van der Waals surface area contributed by atoms with E-state index in [2.05, 4.69) is 0 Å². The van der Waals surface area contributed by atoms with Gasteiger partial charge in [-0.3, -0.25) is 0 Å². The fraction of sp³-hybridized carbons (Fsp3) is 0.200. The lowest BCUT2D eigenvalue weighted by atomic mass is 9.71. The SMILES string of the molecule is FC(F)(F)C1(C(F)(F)F)c2ccccc2Oc2cc(I)c(I)cc21. The zero-order chi connectivity index (χ0) is 17.9. The Morgan fingerprint density at radius 1 is 0.750 bits per heavy atom. The van der Waals surface area contributed by atoms with Crippen molar-refractivity contribution in [2.24, 2.45) is 0 Å². The van der Waals surface area contributed by atoms with E-state index in [1.54, 1.807) is 22.6 Å². The molecule has 0 radical (unpaired) electrons. The molecule has 24 heavy (non-hydrogen) atoms. The van der Waals surface area contributed by atoms with Crippen LogP contribution in [0.2, 0.25) is 0 Å². The molecule has 2 aromatic carbocycles. The fourth-order valence-corrected chi connectivity index (χ4v) is 3.71. The fourth-order valence-electron chi connectivity index (χ4n) is 2.81. The highest BCUT2D eigenvalue weighted by Crippen LogP contribution is 2.62. The maximum absolute atomic E-state index is 13.9. The average molecular weight is 570 g/mol. The second kappa shape index (κ2) is 5.64. The molecule has 0 amide bonds. The summed E-state index contributed by atoms with van der Waals surface area (Å²) in [7, 11) is 0. The molecule has 0 fully saturated rings. The van der Waals surface area contributed by atoms with Crippen molar-refractivity contribution in [1.82, 2.24) is 0 Å². The molecule has 0 spiro atoms. The van der Waals surface area contributed by atoms with Gasteiger partial charge in [-0.05, 0) is 63.4 Å². The molecular formula is C15H6F6I2O. The van der Waals surface area contributed by atoms with E-state index in [4.69, 9.17) is 4.74 Å². The second-order valence-electron chi connectivity index (χ2n) is 5.11. The molecule has 0 saturated heterocycles. The molecule has 0 bridgehead atoms. The van der Waals surface area contributed by atoms with E-state index in [-0.39, 0.29) is 3.57 Å². The van der Waals surface area contributed by atoms with Crippen LogP contribution in [0.5, 0.6) is 11.5 Å². The molecule has 2 aromatic rings. The van der Waals surface area contributed by atoms with Gasteiger partial charge in [0, 0.05) is 18.3 Å². The third kappa shape index (κ3) is 2.41. The van der Waals surface area contributed by atoms with Crippen LogP contribution in [0.25, 0.3) is 0 Å². The molecule has 128 valence electrons. The third-order valence-corrected chi connectivity index (χ3v) is 6.60. The number of halogens is 8.